The highest BCUT2D eigenvalue weighted by molar-refractivity contribution is 8.18. The molecule has 3 heterocycles. The highest BCUT2D eigenvalue weighted by atomic mass is 35.5. The molecule has 2 aliphatic rings. The minimum absolute atomic E-state index is 0.0490. The van der Waals surface area contributed by atoms with Crippen molar-refractivity contribution >= 4 is 74.7 Å². The van der Waals surface area contributed by atoms with Crippen LogP contribution in [0.5, 0.6) is 11.5 Å². The van der Waals surface area contributed by atoms with Gasteiger partial charge in [0.25, 0.3) is 11.1 Å². The standard InChI is InChI=1S/C29H21Cl2N3O5S/c1-16-20(12-26-28(36)34(29(37)40-26)13-17-6-8-21(30)22(31)10-17)19-4-2-3-5-23(19)33(16)14-27(35)32-18-7-9-24-25(11-18)39-15-38-24/h2-12H,13-15H2,1H3,(H,32,35)/b26-12-. The molecule has 1 aromatic heterocycles. The number of amides is 3. The number of fused-ring (bicyclic) bond motifs is 2. The number of hydrogen-bond donors (Lipinski definition) is 1. The molecule has 8 nitrogen and oxygen atoms in total. The average molecular weight is 594 g/mol. The molecule has 6 rings (SSSR count). The summed E-state index contributed by atoms with van der Waals surface area (Å²) < 4.78 is 12.6. The van der Waals surface area contributed by atoms with Crippen LogP contribution in [0.3, 0.4) is 0 Å². The third kappa shape index (κ3) is 4.92. The van der Waals surface area contributed by atoms with Crippen molar-refractivity contribution in [2.45, 2.75) is 20.0 Å². The molecule has 0 radical (unpaired) electrons. The van der Waals surface area contributed by atoms with E-state index in [9.17, 15) is 14.4 Å². The minimum atomic E-state index is -0.391. The maximum Gasteiger partial charge on any atom is 0.293 e. The summed E-state index contributed by atoms with van der Waals surface area (Å²) in [6.07, 6.45) is 1.73. The van der Waals surface area contributed by atoms with Crippen LogP contribution in [0.1, 0.15) is 16.8 Å². The van der Waals surface area contributed by atoms with Gasteiger partial charge < -0.3 is 19.4 Å². The van der Waals surface area contributed by atoms with Gasteiger partial charge in [-0.15, -0.1) is 0 Å². The highest BCUT2D eigenvalue weighted by Gasteiger charge is 2.35. The zero-order chi connectivity index (χ0) is 28.0. The molecular formula is C29H21Cl2N3O5S. The first-order valence-corrected chi connectivity index (χ1v) is 13.8. The van der Waals surface area contributed by atoms with E-state index >= 15 is 0 Å². The number of nitrogens with zero attached hydrogens (tertiary/aromatic N) is 2. The smallest absolute Gasteiger partial charge is 0.293 e. The first-order valence-electron chi connectivity index (χ1n) is 12.2. The topological polar surface area (TPSA) is 89.9 Å². The highest BCUT2D eigenvalue weighted by Crippen LogP contribution is 2.37. The van der Waals surface area contributed by atoms with Crippen LogP contribution in [0.25, 0.3) is 17.0 Å². The summed E-state index contributed by atoms with van der Waals surface area (Å²) in [5.41, 5.74) is 3.69. The number of nitrogens with one attached hydrogen (secondary N) is 1. The number of benzene rings is 3. The number of carbonyl (C=O) groups is 3. The third-order valence-electron chi connectivity index (χ3n) is 6.71. The van der Waals surface area contributed by atoms with Gasteiger partial charge in [-0.05, 0) is 60.7 Å². The second-order valence-corrected chi connectivity index (χ2v) is 11.0. The van der Waals surface area contributed by atoms with Crippen LogP contribution in [0, 0.1) is 6.92 Å². The van der Waals surface area contributed by atoms with Crippen LogP contribution in [0.15, 0.2) is 65.6 Å². The van der Waals surface area contributed by atoms with Gasteiger partial charge >= 0.3 is 0 Å². The average Bonchev–Trinajstić information content (AvgIpc) is 3.58. The van der Waals surface area contributed by atoms with Crippen LogP contribution in [-0.2, 0) is 22.7 Å². The van der Waals surface area contributed by atoms with Crippen molar-refractivity contribution in [1.82, 2.24) is 9.47 Å². The van der Waals surface area contributed by atoms with E-state index in [2.05, 4.69) is 5.32 Å². The molecule has 1 saturated heterocycles. The van der Waals surface area contributed by atoms with Crippen LogP contribution in [0.4, 0.5) is 10.5 Å². The predicted octanol–water partition coefficient (Wildman–Crippen LogP) is 6.86. The Balaban J connectivity index is 1.26. The molecule has 0 unspecified atom stereocenters. The van der Waals surface area contributed by atoms with E-state index in [1.807, 2.05) is 35.8 Å². The Morgan fingerprint density at radius 1 is 1.02 bits per heavy atom. The zero-order valence-electron chi connectivity index (χ0n) is 21.1. The van der Waals surface area contributed by atoms with E-state index < -0.39 is 5.91 Å². The molecule has 0 atom stereocenters. The summed E-state index contributed by atoms with van der Waals surface area (Å²) in [6, 6.07) is 17.9. The molecule has 11 heteroatoms. The van der Waals surface area contributed by atoms with E-state index in [1.54, 1.807) is 42.5 Å². The quantitative estimate of drug-likeness (QED) is 0.246. The maximum absolute atomic E-state index is 13.3. The Kier molecular flexibility index (Phi) is 6.95. The zero-order valence-corrected chi connectivity index (χ0v) is 23.4. The molecule has 0 aliphatic carbocycles. The third-order valence-corrected chi connectivity index (χ3v) is 8.36. The van der Waals surface area contributed by atoms with Crippen LogP contribution in [0.2, 0.25) is 10.0 Å². The van der Waals surface area contributed by atoms with Gasteiger partial charge in [-0.3, -0.25) is 19.3 Å². The van der Waals surface area contributed by atoms with Crippen molar-refractivity contribution in [3.05, 3.63) is 92.4 Å². The van der Waals surface area contributed by atoms with Gasteiger partial charge in [-0.25, -0.2) is 0 Å². The number of aromatic nitrogens is 1. The van der Waals surface area contributed by atoms with Crippen LogP contribution in [-0.4, -0.2) is 33.3 Å². The molecule has 202 valence electrons. The SMILES string of the molecule is Cc1c(/C=C2\SC(=O)N(Cc3ccc(Cl)c(Cl)c3)C2=O)c2ccccc2n1CC(=O)Nc1ccc2c(c1)OCO2. The molecule has 40 heavy (non-hydrogen) atoms. The number of rotatable bonds is 6. The largest absolute Gasteiger partial charge is 0.454 e. The summed E-state index contributed by atoms with van der Waals surface area (Å²) in [7, 11) is 0. The first kappa shape index (κ1) is 26.3. The number of hydrogen-bond acceptors (Lipinski definition) is 6. The maximum atomic E-state index is 13.3. The van der Waals surface area contributed by atoms with E-state index in [1.165, 1.54) is 4.90 Å². The number of thioether (sulfide) groups is 1. The number of para-hydroxylation sites is 1. The van der Waals surface area contributed by atoms with E-state index in [4.69, 9.17) is 32.7 Å². The lowest BCUT2D eigenvalue weighted by molar-refractivity contribution is -0.123. The molecule has 3 aromatic carbocycles. The fourth-order valence-corrected chi connectivity index (χ4v) is 5.89. The van der Waals surface area contributed by atoms with E-state index in [0.717, 1.165) is 33.9 Å². The summed E-state index contributed by atoms with van der Waals surface area (Å²) in [5.74, 6) is 0.598. The van der Waals surface area contributed by atoms with Crippen molar-refractivity contribution < 1.29 is 23.9 Å². The van der Waals surface area contributed by atoms with E-state index in [0.29, 0.717) is 37.7 Å². The fraction of sp³-hybridized carbons (Fsp3) is 0.138. The van der Waals surface area contributed by atoms with Gasteiger partial charge in [0, 0.05) is 33.9 Å². The van der Waals surface area contributed by atoms with Gasteiger partial charge in [-0.1, -0.05) is 47.5 Å². The number of anilines is 1. The number of halogens is 2. The molecule has 4 aromatic rings. The molecule has 2 aliphatic heterocycles. The van der Waals surface area contributed by atoms with Crippen LogP contribution >= 0.6 is 35.0 Å². The lowest BCUT2D eigenvalue weighted by atomic mass is 10.1. The fourth-order valence-electron chi connectivity index (χ4n) is 4.75. The first-order chi connectivity index (χ1) is 19.3. The Morgan fingerprint density at radius 3 is 2.65 bits per heavy atom. The molecule has 3 amide bonds. The van der Waals surface area contributed by atoms with Gasteiger partial charge in [0.1, 0.15) is 6.54 Å². The molecule has 0 spiro atoms. The van der Waals surface area contributed by atoms with Gasteiger partial charge in [0.15, 0.2) is 11.5 Å². The molecule has 1 fully saturated rings. The van der Waals surface area contributed by atoms with Gasteiger partial charge in [0.05, 0.1) is 21.5 Å². The molecule has 0 bridgehead atoms. The second kappa shape index (κ2) is 10.6. The van der Waals surface area contributed by atoms with Crippen molar-refractivity contribution in [3.8, 4) is 11.5 Å². The lowest BCUT2D eigenvalue weighted by Crippen LogP contribution is -2.27. The van der Waals surface area contributed by atoms with Crippen molar-refractivity contribution in [1.29, 1.82) is 0 Å². The summed E-state index contributed by atoms with van der Waals surface area (Å²) in [6.45, 7) is 2.17. The minimum Gasteiger partial charge on any atom is -0.454 e. The van der Waals surface area contributed by atoms with Crippen molar-refractivity contribution in [2.24, 2.45) is 0 Å². The van der Waals surface area contributed by atoms with E-state index in [-0.39, 0.29) is 31.0 Å². The van der Waals surface area contributed by atoms with Gasteiger partial charge in [0.2, 0.25) is 12.7 Å². The Hall–Kier alpha value is -3.92. The normalized spacial score (nSPS) is 15.5. The summed E-state index contributed by atoms with van der Waals surface area (Å²) in [4.78, 5) is 40.6. The van der Waals surface area contributed by atoms with Crippen molar-refractivity contribution in [2.75, 3.05) is 12.1 Å². The Morgan fingerprint density at radius 2 is 1.82 bits per heavy atom. The summed E-state index contributed by atoms with van der Waals surface area (Å²) >= 11 is 13.0. The Labute approximate surface area is 243 Å². The van der Waals surface area contributed by atoms with Gasteiger partial charge in [-0.2, -0.15) is 0 Å². The number of imide groups is 1. The van der Waals surface area contributed by atoms with Crippen molar-refractivity contribution in [3.63, 3.8) is 0 Å². The summed E-state index contributed by atoms with van der Waals surface area (Å²) in [5, 5.41) is 4.16. The molecule has 0 saturated carbocycles. The second-order valence-electron chi connectivity index (χ2n) is 9.23. The number of ether oxygens (including phenoxy) is 2. The molecular weight excluding hydrogens is 573 g/mol. The lowest BCUT2D eigenvalue weighted by Gasteiger charge is -2.13. The Bertz CT molecular complexity index is 1750. The number of carbonyl (C=O) groups excluding carboxylic acids is 3. The predicted molar refractivity (Wildman–Crippen MR) is 156 cm³/mol. The monoisotopic (exact) mass is 593 g/mol. The van der Waals surface area contributed by atoms with Crippen LogP contribution < -0.4 is 14.8 Å². The molecule has 1 N–H and O–H groups in total.